The highest BCUT2D eigenvalue weighted by molar-refractivity contribution is 5.69. The Balaban J connectivity index is 2.10. The number of carbonyl (C=O) groups is 2. The third-order valence-corrected chi connectivity index (χ3v) is 3.99. The molecule has 108 valence electrons. The minimum Gasteiger partial charge on any atom is -0.480 e. The Labute approximate surface area is 113 Å². The summed E-state index contributed by atoms with van der Waals surface area (Å²) in [5.41, 5.74) is -0.0354. The molecule has 0 unspecified atom stereocenters. The van der Waals surface area contributed by atoms with Crippen LogP contribution in [0, 0.1) is 10.8 Å². The summed E-state index contributed by atoms with van der Waals surface area (Å²) in [4.78, 5) is 25.7. The number of hydrogen-bond donors (Lipinski definition) is 2. The summed E-state index contributed by atoms with van der Waals surface area (Å²) in [6.07, 6.45) is 1.03. The summed E-state index contributed by atoms with van der Waals surface area (Å²) < 4.78 is 0. The van der Waals surface area contributed by atoms with Crippen molar-refractivity contribution in [2.75, 3.05) is 39.3 Å². The van der Waals surface area contributed by atoms with Crippen LogP contribution in [0.3, 0.4) is 0 Å². The van der Waals surface area contributed by atoms with Crippen molar-refractivity contribution in [2.24, 2.45) is 10.8 Å². The van der Waals surface area contributed by atoms with Crippen molar-refractivity contribution in [2.45, 2.75) is 20.3 Å². The van der Waals surface area contributed by atoms with Gasteiger partial charge in [-0.2, -0.15) is 0 Å². The SMILES string of the molecule is CC12CN(CC(=O)O)CC(C)(CN(CC(=O)O)C1)C2. The van der Waals surface area contributed by atoms with Crippen LogP contribution in [-0.2, 0) is 9.59 Å². The third-order valence-electron chi connectivity index (χ3n) is 3.99. The van der Waals surface area contributed by atoms with Gasteiger partial charge in [0.1, 0.15) is 0 Å². The Morgan fingerprint density at radius 1 is 0.895 bits per heavy atom. The van der Waals surface area contributed by atoms with Gasteiger partial charge in [-0.1, -0.05) is 13.8 Å². The lowest BCUT2D eigenvalue weighted by Crippen LogP contribution is -2.63. The molecule has 2 N–H and O–H groups in total. The number of aliphatic carboxylic acids is 2. The molecule has 2 bridgehead atoms. The van der Waals surface area contributed by atoms with Gasteiger partial charge in [0.25, 0.3) is 0 Å². The van der Waals surface area contributed by atoms with Gasteiger partial charge in [0, 0.05) is 26.2 Å². The highest BCUT2D eigenvalue weighted by Gasteiger charge is 2.48. The van der Waals surface area contributed by atoms with Crippen LogP contribution in [0.1, 0.15) is 20.3 Å². The van der Waals surface area contributed by atoms with E-state index >= 15 is 0 Å². The number of nitrogens with zero attached hydrogens (tertiary/aromatic N) is 2. The zero-order chi connectivity index (χ0) is 14.3. The molecule has 2 heterocycles. The van der Waals surface area contributed by atoms with Crippen molar-refractivity contribution in [1.82, 2.24) is 9.80 Å². The summed E-state index contributed by atoms with van der Waals surface area (Å²) in [6.45, 7) is 7.32. The number of hydrogen-bond acceptors (Lipinski definition) is 4. The van der Waals surface area contributed by atoms with Gasteiger partial charge in [0.15, 0.2) is 0 Å². The van der Waals surface area contributed by atoms with Gasteiger partial charge in [-0.15, -0.1) is 0 Å². The first kappa shape index (κ1) is 14.3. The zero-order valence-corrected chi connectivity index (χ0v) is 11.6. The molecule has 2 fully saturated rings. The fourth-order valence-electron chi connectivity index (χ4n) is 4.23. The van der Waals surface area contributed by atoms with Crippen molar-refractivity contribution in [3.63, 3.8) is 0 Å². The van der Waals surface area contributed by atoms with Crippen LogP contribution in [0.4, 0.5) is 0 Å². The van der Waals surface area contributed by atoms with E-state index in [1.165, 1.54) is 0 Å². The van der Waals surface area contributed by atoms with Crippen LogP contribution < -0.4 is 0 Å². The van der Waals surface area contributed by atoms with Crippen LogP contribution in [0.25, 0.3) is 0 Å². The highest BCUT2D eigenvalue weighted by atomic mass is 16.4. The molecule has 2 aliphatic rings. The minimum absolute atomic E-state index is 0.0177. The second-order valence-electron chi connectivity index (χ2n) is 6.88. The van der Waals surface area contributed by atoms with Gasteiger partial charge in [-0.25, -0.2) is 0 Å². The fraction of sp³-hybridized carbons (Fsp3) is 0.846. The molecule has 0 aromatic heterocycles. The summed E-state index contributed by atoms with van der Waals surface area (Å²) in [5.74, 6) is -1.59. The molecule has 0 saturated carbocycles. The van der Waals surface area contributed by atoms with Crippen molar-refractivity contribution in [3.8, 4) is 0 Å². The fourth-order valence-corrected chi connectivity index (χ4v) is 4.23. The van der Waals surface area contributed by atoms with Crippen LogP contribution in [0.5, 0.6) is 0 Å². The summed E-state index contributed by atoms with van der Waals surface area (Å²) in [5, 5.41) is 17.9. The number of carboxylic acid groups (broad SMARTS) is 2. The predicted octanol–water partition coefficient (Wildman–Crippen LogP) is 0.190. The number of fused-ring (bicyclic) bond motifs is 2. The molecular weight excluding hydrogens is 248 g/mol. The molecular formula is C13H22N2O4. The molecule has 19 heavy (non-hydrogen) atoms. The Kier molecular flexibility index (Phi) is 3.57. The largest absolute Gasteiger partial charge is 0.480 e. The molecule has 0 aromatic carbocycles. The molecule has 0 atom stereocenters. The molecule has 0 aromatic rings. The molecule has 0 radical (unpaired) electrons. The van der Waals surface area contributed by atoms with E-state index in [0.29, 0.717) is 0 Å². The van der Waals surface area contributed by atoms with Gasteiger partial charge in [0.05, 0.1) is 13.1 Å². The molecule has 2 aliphatic heterocycles. The maximum absolute atomic E-state index is 10.9. The van der Waals surface area contributed by atoms with Gasteiger partial charge in [-0.3, -0.25) is 19.4 Å². The lowest BCUT2D eigenvalue weighted by Gasteiger charge is -2.56. The molecule has 6 heteroatoms. The number of likely N-dealkylation sites (tertiary alicyclic amines) is 2. The average molecular weight is 270 g/mol. The zero-order valence-electron chi connectivity index (χ0n) is 11.6. The first-order chi connectivity index (χ1) is 8.70. The maximum atomic E-state index is 10.9. The van der Waals surface area contributed by atoms with Gasteiger partial charge < -0.3 is 10.2 Å². The number of piperidine rings is 2. The topological polar surface area (TPSA) is 81.1 Å². The van der Waals surface area contributed by atoms with Gasteiger partial charge in [-0.05, 0) is 17.3 Å². The highest BCUT2D eigenvalue weighted by Crippen LogP contribution is 2.45. The first-order valence-corrected chi connectivity index (χ1v) is 6.58. The lowest BCUT2D eigenvalue weighted by atomic mass is 9.65. The average Bonchev–Trinajstić information content (AvgIpc) is 2.08. The predicted molar refractivity (Wildman–Crippen MR) is 69.0 cm³/mol. The maximum Gasteiger partial charge on any atom is 0.317 e. The lowest BCUT2D eigenvalue weighted by molar-refractivity contribution is -0.145. The van der Waals surface area contributed by atoms with Crippen molar-refractivity contribution in [1.29, 1.82) is 0 Å². The van der Waals surface area contributed by atoms with E-state index in [9.17, 15) is 9.59 Å². The summed E-state index contributed by atoms with van der Waals surface area (Å²) in [7, 11) is 0. The standard InChI is InChI=1S/C13H22N2O4/c1-12-5-13(2,8-14(6-12)3-10(16)17)9-15(7-12)4-11(18)19/h3-9H2,1-2H3,(H,16,17)(H,18,19). The minimum atomic E-state index is -0.797. The van der Waals surface area contributed by atoms with Crippen molar-refractivity contribution >= 4 is 11.9 Å². The second kappa shape index (κ2) is 4.76. The quantitative estimate of drug-likeness (QED) is 0.759. The van der Waals surface area contributed by atoms with Crippen LogP contribution in [0.2, 0.25) is 0 Å². The third kappa shape index (κ3) is 3.45. The molecule has 0 spiro atoms. The van der Waals surface area contributed by atoms with E-state index in [2.05, 4.69) is 13.8 Å². The van der Waals surface area contributed by atoms with Crippen LogP contribution in [0.15, 0.2) is 0 Å². The summed E-state index contributed by atoms with van der Waals surface area (Å²) >= 11 is 0. The normalized spacial score (nSPS) is 36.1. The first-order valence-electron chi connectivity index (χ1n) is 6.58. The number of rotatable bonds is 4. The monoisotopic (exact) mass is 270 g/mol. The Hall–Kier alpha value is -1.14. The smallest absolute Gasteiger partial charge is 0.317 e. The summed E-state index contributed by atoms with van der Waals surface area (Å²) in [6, 6.07) is 0. The number of carboxylic acids is 2. The van der Waals surface area contributed by atoms with Gasteiger partial charge >= 0.3 is 11.9 Å². The van der Waals surface area contributed by atoms with Gasteiger partial charge in [0.2, 0.25) is 0 Å². The Morgan fingerprint density at radius 2 is 1.21 bits per heavy atom. The second-order valence-corrected chi connectivity index (χ2v) is 6.88. The van der Waals surface area contributed by atoms with E-state index in [4.69, 9.17) is 10.2 Å². The molecule has 2 saturated heterocycles. The molecule has 6 nitrogen and oxygen atoms in total. The van der Waals surface area contributed by atoms with E-state index < -0.39 is 11.9 Å². The van der Waals surface area contributed by atoms with Crippen LogP contribution in [-0.4, -0.2) is 71.2 Å². The molecule has 0 aliphatic carbocycles. The Morgan fingerprint density at radius 3 is 1.47 bits per heavy atom. The van der Waals surface area contributed by atoms with Crippen LogP contribution >= 0.6 is 0 Å². The van der Waals surface area contributed by atoms with Crippen molar-refractivity contribution < 1.29 is 19.8 Å². The van der Waals surface area contributed by atoms with E-state index in [1.807, 2.05) is 9.80 Å². The molecule has 2 rings (SSSR count). The van der Waals surface area contributed by atoms with Crippen molar-refractivity contribution in [3.05, 3.63) is 0 Å². The molecule has 0 amide bonds. The Bertz CT molecular complexity index is 348. The van der Waals surface area contributed by atoms with E-state index in [-0.39, 0.29) is 23.9 Å². The van der Waals surface area contributed by atoms with E-state index in [0.717, 1.165) is 32.6 Å². The van der Waals surface area contributed by atoms with E-state index in [1.54, 1.807) is 0 Å².